The van der Waals surface area contributed by atoms with E-state index in [1.807, 2.05) is 6.92 Å². The summed E-state index contributed by atoms with van der Waals surface area (Å²) < 4.78 is 11.6. The summed E-state index contributed by atoms with van der Waals surface area (Å²) in [5, 5.41) is 19.5. The minimum atomic E-state index is -1.07. The van der Waals surface area contributed by atoms with Crippen LogP contribution in [0.1, 0.15) is 31.4 Å². The van der Waals surface area contributed by atoms with Crippen molar-refractivity contribution in [3.05, 3.63) is 22.2 Å². The third kappa shape index (κ3) is 3.07. The minimum Gasteiger partial charge on any atom is -0.486 e. The van der Waals surface area contributed by atoms with E-state index in [9.17, 15) is 15.0 Å². The lowest BCUT2D eigenvalue weighted by Crippen LogP contribution is -2.22. The Hall–Kier alpha value is -1.27. The Bertz CT molecular complexity index is 503. The molecular formula is C14H17BrO5. The van der Waals surface area contributed by atoms with Crippen LogP contribution in [0.2, 0.25) is 0 Å². The molecule has 1 aromatic rings. The normalized spacial score (nSPS) is 16.6. The van der Waals surface area contributed by atoms with E-state index in [1.54, 1.807) is 12.1 Å². The number of aliphatic carboxylic acids is 1. The number of aliphatic hydroxyl groups is 1. The van der Waals surface area contributed by atoms with Crippen LogP contribution < -0.4 is 9.47 Å². The number of carboxylic acid groups (broad SMARTS) is 1. The van der Waals surface area contributed by atoms with Gasteiger partial charge in [-0.1, -0.05) is 13.3 Å². The second-order valence-electron chi connectivity index (χ2n) is 4.71. The molecule has 2 atom stereocenters. The zero-order chi connectivity index (χ0) is 14.7. The third-order valence-corrected chi connectivity index (χ3v) is 3.85. The monoisotopic (exact) mass is 344 g/mol. The summed E-state index contributed by atoms with van der Waals surface area (Å²) in [7, 11) is 0. The van der Waals surface area contributed by atoms with E-state index in [-0.39, 0.29) is 0 Å². The molecule has 0 bridgehead atoms. The Labute approximate surface area is 125 Å². The highest BCUT2D eigenvalue weighted by Gasteiger charge is 2.29. The van der Waals surface area contributed by atoms with Gasteiger partial charge in [0.25, 0.3) is 0 Å². The van der Waals surface area contributed by atoms with Gasteiger partial charge in [0.15, 0.2) is 11.5 Å². The van der Waals surface area contributed by atoms with E-state index in [0.717, 1.165) is 0 Å². The number of hydrogen-bond donors (Lipinski definition) is 2. The molecule has 0 aromatic heterocycles. The summed E-state index contributed by atoms with van der Waals surface area (Å²) in [4.78, 5) is 11.3. The van der Waals surface area contributed by atoms with Crippen LogP contribution in [0.4, 0.5) is 0 Å². The van der Waals surface area contributed by atoms with E-state index in [2.05, 4.69) is 15.9 Å². The summed E-state index contributed by atoms with van der Waals surface area (Å²) in [5.41, 5.74) is 0.516. The molecule has 2 unspecified atom stereocenters. The number of carboxylic acids is 1. The van der Waals surface area contributed by atoms with Gasteiger partial charge in [0.05, 0.1) is 16.5 Å². The van der Waals surface area contributed by atoms with Crippen LogP contribution in [0.15, 0.2) is 16.6 Å². The van der Waals surface area contributed by atoms with Gasteiger partial charge in [-0.3, -0.25) is 4.79 Å². The second kappa shape index (κ2) is 6.45. The molecule has 20 heavy (non-hydrogen) atoms. The molecule has 0 fully saturated rings. The molecule has 5 nitrogen and oxygen atoms in total. The van der Waals surface area contributed by atoms with Crippen LogP contribution >= 0.6 is 15.9 Å². The first-order valence-electron chi connectivity index (χ1n) is 6.54. The van der Waals surface area contributed by atoms with Crippen LogP contribution in [0, 0.1) is 5.92 Å². The molecule has 0 saturated carbocycles. The van der Waals surface area contributed by atoms with Crippen molar-refractivity contribution in [1.82, 2.24) is 0 Å². The zero-order valence-corrected chi connectivity index (χ0v) is 12.7. The van der Waals surface area contributed by atoms with Gasteiger partial charge in [-0.2, -0.15) is 0 Å². The lowest BCUT2D eigenvalue weighted by Gasteiger charge is -2.23. The van der Waals surface area contributed by atoms with Crippen molar-refractivity contribution in [3.63, 3.8) is 0 Å². The SMILES string of the molecule is CCCC(C(=O)O)C(O)c1cc(Br)c2c(c1)OCCO2. The maximum atomic E-state index is 11.3. The largest absolute Gasteiger partial charge is 0.486 e. The molecule has 0 aliphatic carbocycles. The summed E-state index contributed by atoms with van der Waals surface area (Å²) in [6, 6.07) is 3.33. The molecule has 2 rings (SSSR count). The molecule has 110 valence electrons. The maximum Gasteiger partial charge on any atom is 0.309 e. The summed E-state index contributed by atoms with van der Waals surface area (Å²) >= 11 is 3.36. The Morgan fingerprint density at radius 1 is 1.40 bits per heavy atom. The highest BCUT2D eigenvalue weighted by molar-refractivity contribution is 9.10. The van der Waals surface area contributed by atoms with Gasteiger partial charge in [0, 0.05) is 0 Å². The molecule has 0 radical (unpaired) electrons. The molecule has 1 aliphatic rings. The average molecular weight is 345 g/mol. The van der Waals surface area contributed by atoms with Crippen molar-refractivity contribution >= 4 is 21.9 Å². The van der Waals surface area contributed by atoms with E-state index < -0.39 is 18.0 Å². The van der Waals surface area contributed by atoms with Crippen LogP contribution in [-0.2, 0) is 4.79 Å². The zero-order valence-electron chi connectivity index (χ0n) is 11.1. The topological polar surface area (TPSA) is 76.0 Å². The quantitative estimate of drug-likeness (QED) is 0.858. The van der Waals surface area contributed by atoms with Gasteiger partial charge in [-0.25, -0.2) is 0 Å². The number of fused-ring (bicyclic) bond motifs is 1. The maximum absolute atomic E-state index is 11.3. The highest BCUT2D eigenvalue weighted by Crippen LogP contribution is 2.41. The number of ether oxygens (including phenoxy) is 2. The van der Waals surface area contributed by atoms with Gasteiger partial charge >= 0.3 is 5.97 Å². The van der Waals surface area contributed by atoms with Crippen LogP contribution in [0.25, 0.3) is 0 Å². The molecule has 1 aliphatic heterocycles. The molecule has 6 heteroatoms. The predicted octanol–water partition coefficient (Wildman–Crippen LogP) is 2.75. The Balaban J connectivity index is 2.32. The molecule has 1 aromatic carbocycles. The van der Waals surface area contributed by atoms with Crippen molar-refractivity contribution in [3.8, 4) is 11.5 Å². The molecule has 1 heterocycles. The molecule has 2 N–H and O–H groups in total. The van der Waals surface area contributed by atoms with E-state index in [0.29, 0.717) is 47.6 Å². The smallest absolute Gasteiger partial charge is 0.309 e. The number of benzene rings is 1. The number of hydrogen-bond acceptors (Lipinski definition) is 4. The Morgan fingerprint density at radius 3 is 2.75 bits per heavy atom. The Kier molecular flexibility index (Phi) is 4.88. The van der Waals surface area contributed by atoms with E-state index in [4.69, 9.17) is 9.47 Å². The van der Waals surface area contributed by atoms with Crippen LogP contribution in [0.3, 0.4) is 0 Å². The molecular weight excluding hydrogens is 328 g/mol. The van der Waals surface area contributed by atoms with Crippen molar-refractivity contribution in [2.45, 2.75) is 25.9 Å². The molecule has 0 spiro atoms. The fourth-order valence-electron chi connectivity index (χ4n) is 2.26. The van der Waals surface area contributed by atoms with E-state index in [1.165, 1.54) is 0 Å². The summed E-state index contributed by atoms with van der Waals surface area (Å²) in [6.07, 6.45) is 0.0436. The van der Waals surface area contributed by atoms with Gasteiger partial charge in [0.1, 0.15) is 13.2 Å². The number of carbonyl (C=O) groups is 1. The predicted molar refractivity (Wildman–Crippen MR) is 76.1 cm³/mol. The first kappa shape index (κ1) is 15.1. The summed E-state index contributed by atoms with van der Waals surface area (Å²) in [6.45, 7) is 2.81. The average Bonchev–Trinajstić information content (AvgIpc) is 2.43. The van der Waals surface area contributed by atoms with Crippen molar-refractivity contribution in [2.24, 2.45) is 5.92 Å². The van der Waals surface area contributed by atoms with E-state index >= 15 is 0 Å². The Morgan fingerprint density at radius 2 is 2.10 bits per heavy atom. The third-order valence-electron chi connectivity index (χ3n) is 3.26. The van der Waals surface area contributed by atoms with Crippen LogP contribution in [0.5, 0.6) is 11.5 Å². The lowest BCUT2D eigenvalue weighted by molar-refractivity contribution is -0.146. The first-order chi connectivity index (χ1) is 9.54. The van der Waals surface area contributed by atoms with Crippen molar-refractivity contribution < 1.29 is 24.5 Å². The number of halogens is 1. The number of rotatable bonds is 5. The van der Waals surface area contributed by atoms with Crippen LogP contribution in [-0.4, -0.2) is 29.4 Å². The second-order valence-corrected chi connectivity index (χ2v) is 5.56. The standard InChI is InChI=1S/C14H17BrO5/c1-2-3-9(14(17)18)12(16)8-6-10(15)13-11(7-8)19-4-5-20-13/h6-7,9,12,16H,2-5H2,1H3,(H,17,18). The van der Waals surface area contributed by atoms with Gasteiger partial charge in [-0.15, -0.1) is 0 Å². The fourth-order valence-corrected chi connectivity index (χ4v) is 2.84. The van der Waals surface area contributed by atoms with Crippen molar-refractivity contribution in [2.75, 3.05) is 13.2 Å². The van der Waals surface area contributed by atoms with Gasteiger partial charge in [0.2, 0.25) is 0 Å². The highest BCUT2D eigenvalue weighted by atomic mass is 79.9. The summed E-state index contributed by atoms with van der Waals surface area (Å²) in [5.74, 6) is -0.699. The first-order valence-corrected chi connectivity index (χ1v) is 7.33. The molecule has 0 amide bonds. The molecule has 0 saturated heterocycles. The van der Waals surface area contributed by atoms with Gasteiger partial charge in [-0.05, 0) is 40.0 Å². The minimum absolute atomic E-state index is 0.419. The van der Waals surface area contributed by atoms with Crippen molar-refractivity contribution in [1.29, 1.82) is 0 Å². The lowest BCUT2D eigenvalue weighted by atomic mass is 9.92. The van der Waals surface area contributed by atoms with Gasteiger partial charge < -0.3 is 19.7 Å². The fraction of sp³-hybridized carbons (Fsp3) is 0.500. The number of aliphatic hydroxyl groups excluding tert-OH is 1.